The molecule has 0 aliphatic carbocycles. The lowest BCUT2D eigenvalue weighted by Crippen LogP contribution is -1.92. The molecule has 9 rings (SSSR count). The van der Waals surface area contributed by atoms with Gasteiger partial charge in [-0.05, 0) is 90.0 Å². The molecule has 9 aromatic rings. The van der Waals surface area contributed by atoms with Crippen molar-refractivity contribution >= 4 is 63.8 Å². The van der Waals surface area contributed by atoms with Crippen LogP contribution in [0.15, 0.2) is 158 Å². The first-order valence-electron chi connectivity index (χ1n) is 14.8. The standard InChI is InChI=1S/C42H26S/c1-2-12-27(13-3-1)31-25-37(42-36-20-10-11-21-38(36)43-39(42)26-31)41-34-18-8-6-16-32(34)40(33-17-7-9-19-35(33)41)30-23-22-28-14-4-5-15-29(28)24-30/h1-26H. The maximum atomic E-state index is 2.43. The summed E-state index contributed by atoms with van der Waals surface area (Å²) in [4.78, 5) is 0. The van der Waals surface area contributed by atoms with Crippen molar-refractivity contribution in [2.75, 3.05) is 0 Å². The highest BCUT2D eigenvalue weighted by Crippen LogP contribution is 2.49. The first-order valence-corrected chi connectivity index (χ1v) is 15.6. The summed E-state index contributed by atoms with van der Waals surface area (Å²) < 4.78 is 2.65. The monoisotopic (exact) mass is 562 g/mol. The Morgan fingerprint density at radius 2 is 0.907 bits per heavy atom. The highest BCUT2D eigenvalue weighted by molar-refractivity contribution is 7.26. The maximum absolute atomic E-state index is 2.43. The Balaban J connectivity index is 1.45. The van der Waals surface area contributed by atoms with Gasteiger partial charge in [0.15, 0.2) is 0 Å². The van der Waals surface area contributed by atoms with Crippen molar-refractivity contribution in [2.45, 2.75) is 0 Å². The van der Waals surface area contributed by atoms with Crippen molar-refractivity contribution in [3.05, 3.63) is 158 Å². The quantitative estimate of drug-likeness (QED) is 0.188. The van der Waals surface area contributed by atoms with E-state index in [2.05, 4.69) is 158 Å². The maximum Gasteiger partial charge on any atom is 0.0367 e. The van der Waals surface area contributed by atoms with E-state index >= 15 is 0 Å². The highest BCUT2D eigenvalue weighted by Gasteiger charge is 2.20. The molecule has 43 heavy (non-hydrogen) atoms. The van der Waals surface area contributed by atoms with E-state index in [1.54, 1.807) is 0 Å². The normalized spacial score (nSPS) is 11.7. The minimum absolute atomic E-state index is 1.24. The molecular formula is C42H26S. The molecule has 0 radical (unpaired) electrons. The SMILES string of the molecule is c1ccc(-c2cc(-c3c4ccccc4c(-c4ccc5ccccc5c4)c4ccccc34)c3c(c2)sc2ccccc23)cc1. The molecule has 0 saturated heterocycles. The minimum atomic E-state index is 1.24. The molecule has 0 atom stereocenters. The first kappa shape index (κ1) is 24.4. The van der Waals surface area contributed by atoms with E-state index in [-0.39, 0.29) is 0 Å². The molecule has 1 aromatic heterocycles. The second kappa shape index (κ2) is 9.66. The highest BCUT2D eigenvalue weighted by atomic mass is 32.1. The lowest BCUT2D eigenvalue weighted by Gasteiger charge is -2.19. The van der Waals surface area contributed by atoms with Crippen LogP contribution in [0.1, 0.15) is 0 Å². The van der Waals surface area contributed by atoms with Crippen LogP contribution in [0.4, 0.5) is 0 Å². The second-order valence-corrected chi connectivity index (χ2v) is 12.3. The fraction of sp³-hybridized carbons (Fsp3) is 0. The van der Waals surface area contributed by atoms with Gasteiger partial charge in [0, 0.05) is 20.2 Å². The lowest BCUT2D eigenvalue weighted by atomic mass is 9.84. The Kier molecular flexibility index (Phi) is 5.47. The van der Waals surface area contributed by atoms with Crippen molar-refractivity contribution in [2.24, 2.45) is 0 Å². The zero-order valence-electron chi connectivity index (χ0n) is 23.4. The number of rotatable bonds is 3. The van der Waals surface area contributed by atoms with Crippen LogP contribution in [0, 0.1) is 0 Å². The fourth-order valence-corrected chi connectivity index (χ4v) is 8.09. The summed E-state index contributed by atoms with van der Waals surface area (Å²) in [5.74, 6) is 0. The predicted molar refractivity (Wildman–Crippen MR) is 188 cm³/mol. The van der Waals surface area contributed by atoms with Gasteiger partial charge in [0.2, 0.25) is 0 Å². The van der Waals surface area contributed by atoms with E-state index < -0.39 is 0 Å². The minimum Gasteiger partial charge on any atom is -0.135 e. The molecule has 200 valence electrons. The largest absolute Gasteiger partial charge is 0.135 e. The lowest BCUT2D eigenvalue weighted by molar-refractivity contribution is 1.65. The Labute approximate surface area is 254 Å². The number of fused-ring (bicyclic) bond motifs is 6. The molecule has 1 heteroatoms. The topological polar surface area (TPSA) is 0 Å². The van der Waals surface area contributed by atoms with Gasteiger partial charge in [0.1, 0.15) is 0 Å². The molecule has 0 fully saturated rings. The molecule has 0 spiro atoms. The zero-order chi connectivity index (χ0) is 28.3. The number of hydrogen-bond donors (Lipinski definition) is 0. The van der Waals surface area contributed by atoms with Crippen LogP contribution >= 0.6 is 11.3 Å². The van der Waals surface area contributed by atoms with Crippen molar-refractivity contribution in [1.29, 1.82) is 0 Å². The number of thiophene rings is 1. The Bertz CT molecular complexity index is 2440. The van der Waals surface area contributed by atoms with Crippen LogP contribution in [0.5, 0.6) is 0 Å². The second-order valence-electron chi connectivity index (χ2n) is 11.3. The smallest absolute Gasteiger partial charge is 0.0367 e. The summed E-state index contributed by atoms with van der Waals surface area (Å²) >= 11 is 1.89. The van der Waals surface area contributed by atoms with Crippen LogP contribution in [-0.2, 0) is 0 Å². The first-order chi connectivity index (χ1) is 21.3. The average Bonchev–Trinajstić information content (AvgIpc) is 3.46. The molecule has 0 saturated carbocycles. The number of benzene rings is 8. The summed E-state index contributed by atoms with van der Waals surface area (Å²) in [6.45, 7) is 0. The van der Waals surface area contributed by atoms with Gasteiger partial charge in [-0.15, -0.1) is 11.3 Å². The van der Waals surface area contributed by atoms with Gasteiger partial charge < -0.3 is 0 Å². The Morgan fingerprint density at radius 1 is 0.326 bits per heavy atom. The van der Waals surface area contributed by atoms with Gasteiger partial charge in [-0.2, -0.15) is 0 Å². The van der Waals surface area contributed by atoms with Gasteiger partial charge in [-0.3, -0.25) is 0 Å². The van der Waals surface area contributed by atoms with Crippen molar-refractivity contribution < 1.29 is 0 Å². The summed E-state index contributed by atoms with van der Waals surface area (Å²) in [5, 5.41) is 10.3. The molecule has 0 bridgehead atoms. The fourth-order valence-electron chi connectivity index (χ4n) is 6.92. The Hall–Kier alpha value is -5.24. The van der Waals surface area contributed by atoms with Crippen LogP contribution in [0.2, 0.25) is 0 Å². The van der Waals surface area contributed by atoms with Gasteiger partial charge in [0.25, 0.3) is 0 Å². The van der Waals surface area contributed by atoms with E-state index in [1.165, 1.54) is 85.9 Å². The third-order valence-corrected chi connectivity index (χ3v) is 9.94. The van der Waals surface area contributed by atoms with E-state index in [4.69, 9.17) is 0 Å². The van der Waals surface area contributed by atoms with E-state index in [1.807, 2.05) is 11.3 Å². The summed E-state index contributed by atoms with van der Waals surface area (Å²) in [5.41, 5.74) is 7.65. The molecule has 0 amide bonds. The van der Waals surface area contributed by atoms with Crippen LogP contribution in [0.25, 0.3) is 85.9 Å². The average molecular weight is 563 g/mol. The van der Waals surface area contributed by atoms with Gasteiger partial charge in [-0.25, -0.2) is 0 Å². The molecule has 0 aliphatic rings. The van der Waals surface area contributed by atoms with Crippen LogP contribution in [0.3, 0.4) is 0 Å². The van der Waals surface area contributed by atoms with E-state index in [9.17, 15) is 0 Å². The third-order valence-electron chi connectivity index (χ3n) is 8.82. The Morgan fingerprint density at radius 3 is 1.63 bits per heavy atom. The molecule has 0 nitrogen and oxygen atoms in total. The van der Waals surface area contributed by atoms with Crippen LogP contribution in [-0.4, -0.2) is 0 Å². The van der Waals surface area contributed by atoms with E-state index in [0.29, 0.717) is 0 Å². The molecule has 0 N–H and O–H groups in total. The van der Waals surface area contributed by atoms with Gasteiger partial charge in [-0.1, -0.05) is 133 Å². The summed E-state index contributed by atoms with van der Waals surface area (Å²) in [6, 6.07) is 58.0. The molecule has 0 aliphatic heterocycles. The predicted octanol–water partition coefficient (Wildman–Crippen LogP) is 12.5. The van der Waals surface area contributed by atoms with Gasteiger partial charge >= 0.3 is 0 Å². The summed E-state index contributed by atoms with van der Waals surface area (Å²) in [7, 11) is 0. The van der Waals surface area contributed by atoms with E-state index in [0.717, 1.165) is 0 Å². The van der Waals surface area contributed by atoms with Gasteiger partial charge in [0.05, 0.1) is 0 Å². The molecule has 8 aromatic carbocycles. The summed E-state index contributed by atoms with van der Waals surface area (Å²) in [6.07, 6.45) is 0. The third kappa shape index (κ3) is 3.82. The number of hydrogen-bond acceptors (Lipinski definition) is 1. The molecule has 0 unspecified atom stereocenters. The van der Waals surface area contributed by atoms with Crippen molar-refractivity contribution in [3.63, 3.8) is 0 Å². The zero-order valence-corrected chi connectivity index (χ0v) is 24.2. The van der Waals surface area contributed by atoms with Crippen molar-refractivity contribution in [1.82, 2.24) is 0 Å². The molecular weight excluding hydrogens is 537 g/mol. The van der Waals surface area contributed by atoms with Crippen LogP contribution < -0.4 is 0 Å². The van der Waals surface area contributed by atoms with Crippen molar-refractivity contribution in [3.8, 4) is 33.4 Å². The molecule has 1 heterocycles.